The van der Waals surface area contributed by atoms with Crippen molar-refractivity contribution in [3.63, 3.8) is 0 Å². The molecule has 1 heterocycles. The number of carbonyl (C=O) groups excluding carboxylic acids is 1. The Morgan fingerprint density at radius 3 is 2.75 bits per heavy atom. The average Bonchev–Trinajstić information content (AvgIpc) is 2.75. The van der Waals surface area contributed by atoms with Gasteiger partial charge in [0.1, 0.15) is 0 Å². The van der Waals surface area contributed by atoms with Crippen LogP contribution in [0.1, 0.15) is 32.6 Å². The number of ether oxygens (including phenoxy) is 1. The summed E-state index contributed by atoms with van der Waals surface area (Å²) >= 11 is 0. The lowest BCUT2D eigenvalue weighted by Gasteiger charge is -2.24. The van der Waals surface area contributed by atoms with Gasteiger partial charge in [0.25, 0.3) is 0 Å². The first-order valence-corrected chi connectivity index (χ1v) is 5.74. The summed E-state index contributed by atoms with van der Waals surface area (Å²) in [6.45, 7) is 3.34. The molecule has 0 saturated carbocycles. The molecule has 16 heavy (non-hydrogen) atoms. The van der Waals surface area contributed by atoms with Crippen LogP contribution in [0.2, 0.25) is 0 Å². The predicted molar refractivity (Wildman–Crippen MR) is 58.1 cm³/mol. The zero-order valence-electron chi connectivity index (χ0n) is 9.65. The van der Waals surface area contributed by atoms with E-state index in [9.17, 15) is 9.59 Å². The van der Waals surface area contributed by atoms with E-state index in [1.54, 1.807) is 11.8 Å². The number of aliphatic carboxylic acids is 1. The lowest BCUT2D eigenvalue weighted by molar-refractivity contribution is -0.139. The maximum absolute atomic E-state index is 11.6. The minimum absolute atomic E-state index is 0.00153. The number of hydrogen-bond donors (Lipinski definition) is 1. The van der Waals surface area contributed by atoms with Crippen LogP contribution in [0.5, 0.6) is 0 Å². The van der Waals surface area contributed by atoms with Gasteiger partial charge in [-0.3, -0.25) is 9.59 Å². The maximum Gasteiger partial charge on any atom is 0.305 e. The van der Waals surface area contributed by atoms with E-state index in [1.807, 2.05) is 0 Å². The van der Waals surface area contributed by atoms with Gasteiger partial charge in [-0.05, 0) is 12.8 Å². The molecule has 1 amide bonds. The second kappa shape index (κ2) is 6.48. The first-order valence-electron chi connectivity index (χ1n) is 5.74. The molecule has 1 fully saturated rings. The summed E-state index contributed by atoms with van der Waals surface area (Å²) in [5.74, 6) is -0.877. The topological polar surface area (TPSA) is 66.8 Å². The SMILES string of the molecule is CCC(=O)N(CCC(=O)O)CC1CCCO1. The third kappa shape index (κ3) is 4.18. The molecule has 0 aliphatic carbocycles. The monoisotopic (exact) mass is 229 g/mol. The van der Waals surface area contributed by atoms with Gasteiger partial charge in [0, 0.05) is 26.1 Å². The van der Waals surface area contributed by atoms with Gasteiger partial charge in [0.2, 0.25) is 5.91 Å². The Balaban J connectivity index is 2.42. The Hall–Kier alpha value is -1.10. The maximum atomic E-state index is 11.6. The van der Waals surface area contributed by atoms with Crippen LogP contribution >= 0.6 is 0 Å². The summed E-state index contributed by atoms with van der Waals surface area (Å²) in [5, 5.41) is 8.61. The van der Waals surface area contributed by atoms with E-state index in [-0.39, 0.29) is 25.0 Å². The summed E-state index contributed by atoms with van der Waals surface area (Å²) in [6, 6.07) is 0. The highest BCUT2D eigenvalue weighted by Crippen LogP contribution is 2.14. The first kappa shape index (κ1) is 13.0. The molecule has 0 radical (unpaired) electrons. The number of rotatable bonds is 6. The van der Waals surface area contributed by atoms with Gasteiger partial charge in [-0.15, -0.1) is 0 Å². The first-order chi connectivity index (χ1) is 7.63. The predicted octanol–water partition coefficient (Wildman–Crippen LogP) is 0.879. The molecule has 0 aromatic heterocycles. The van der Waals surface area contributed by atoms with E-state index in [0.29, 0.717) is 13.0 Å². The third-order valence-corrected chi connectivity index (χ3v) is 2.70. The van der Waals surface area contributed by atoms with Gasteiger partial charge in [-0.2, -0.15) is 0 Å². The molecule has 5 heteroatoms. The number of carboxylic acid groups (broad SMARTS) is 1. The number of nitrogens with zero attached hydrogens (tertiary/aromatic N) is 1. The summed E-state index contributed by atoms with van der Waals surface area (Å²) < 4.78 is 5.44. The fourth-order valence-corrected chi connectivity index (χ4v) is 1.81. The molecule has 92 valence electrons. The van der Waals surface area contributed by atoms with Gasteiger partial charge >= 0.3 is 5.97 Å². The Morgan fingerprint density at radius 2 is 2.25 bits per heavy atom. The van der Waals surface area contributed by atoms with Gasteiger partial charge in [0.05, 0.1) is 12.5 Å². The molecule has 5 nitrogen and oxygen atoms in total. The summed E-state index contributed by atoms with van der Waals surface area (Å²) in [6.07, 6.45) is 2.48. The van der Waals surface area contributed by atoms with Crippen molar-refractivity contribution in [3.8, 4) is 0 Å². The molecule has 1 N–H and O–H groups in total. The molecule has 1 aliphatic heterocycles. The second-order valence-corrected chi connectivity index (χ2v) is 3.97. The van der Waals surface area contributed by atoms with Crippen molar-refractivity contribution in [2.24, 2.45) is 0 Å². The smallest absolute Gasteiger partial charge is 0.305 e. The van der Waals surface area contributed by atoms with Crippen LogP contribution in [-0.2, 0) is 14.3 Å². The van der Waals surface area contributed by atoms with Gasteiger partial charge < -0.3 is 14.7 Å². The number of carbonyl (C=O) groups is 2. The Kier molecular flexibility index (Phi) is 5.25. The van der Waals surface area contributed by atoms with Gasteiger partial charge in [0.15, 0.2) is 0 Å². The van der Waals surface area contributed by atoms with Gasteiger partial charge in [-0.1, -0.05) is 6.92 Å². The van der Waals surface area contributed by atoms with Crippen molar-refractivity contribution in [2.45, 2.75) is 38.7 Å². The molecular formula is C11H19NO4. The highest BCUT2D eigenvalue weighted by Gasteiger charge is 2.21. The van der Waals surface area contributed by atoms with E-state index in [4.69, 9.17) is 9.84 Å². The fourth-order valence-electron chi connectivity index (χ4n) is 1.81. The molecular weight excluding hydrogens is 210 g/mol. The molecule has 1 saturated heterocycles. The zero-order valence-corrected chi connectivity index (χ0v) is 9.65. The Labute approximate surface area is 95.4 Å². The van der Waals surface area contributed by atoms with Crippen LogP contribution < -0.4 is 0 Å². The summed E-state index contributed by atoms with van der Waals surface area (Å²) in [5.41, 5.74) is 0. The van der Waals surface area contributed by atoms with Crippen LogP contribution in [-0.4, -0.2) is 47.7 Å². The molecule has 0 aromatic carbocycles. The molecule has 0 aromatic rings. The van der Waals surface area contributed by atoms with Crippen molar-refractivity contribution in [1.82, 2.24) is 4.90 Å². The van der Waals surface area contributed by atoms with Gasteiger partial charge in [-0.25, -0.2) is 0 Å². The number of amides is 1. The van der Waals surface area contributed by atoms with Crippen LogP contribution in [0.15, 0.2) is 0 Å². The van der Waals surface area contributed by atoms with E-state index < -0.39 is 5.97 Å². The van der Waals surface area contributed by atoms with Crippen LogP contribution in [0.4, 0.5) is 0 Å². The van der Waals surface area contributed by atoms with Crippen LogP contribution in [0.25, 0.3) is 0 Å². The minimum atomic E-state index is -0.874. The highest BCUT2D eigenvalue weighted by atomic mass is 16.5. The van der Waals surface area contributed by atoms with Crippen molar-refractivity contribution in [2.75, 3.05) is 19.7 Å². The molecule has 0 bridgehead atoms. The van der Waals surface area contributed by atoms with E-state index in [0.717, 1.165) is 19.4 Å². The third-order valence-electron chi connectivity index (χ3n) is 2.70. The van der Waals surface area contributed by atoms with E-state index in [2.05, 4.69) is 0 Å². The van der Waals surface area contributed by atoms with Crippen molar-refractivity contribution < 1.29 is 19.4 Å². The molecule has 0 spiro atoms. The quantitative estimate of drug-likeness (QED) is 0.734. The van der Waals surface area contributed by atoms with E-state index in [1.165, 1.54) is 0 Å². The molecule has 1 rings (SSSR count). The standard InChI is InChI=1S/C11H19NO4/c1-2-10(13)12(6-5-11(14)15)8-9-4-3-7-16-9/h9H,2-8H2,1H3,(H,14,15). The molecule has 1 aliphatic rings. The second-order valence-electron chi connectivity index (χ2n) is 3.97. The Morgan fingerprint density at radius 1 is 1.50 bits per heavy atom. The summed E-state index contributed by atoms with van der Waals surface area (Å²) in [7, 11) is 0. The van der Waals surface area contributed by atoms with Crippen LogP contribution in [0, 0.1) is 0 Å². The minimum Gasteiger partial charge on any atom is -0.481 e. The number of hydrogen-bond acceptors (Lipinski definition) is 3. The fraction of sp³-hybridized carbons (Fsp3) is 0.818. The molecule has 1 unspecified atom stereocenters. The normalized spacial score (nSPS) is 19.7. The summed E-state index contributed by atoms with van der Waals surface area (Å²) in [4.78, 5) is 23.7. The lowest BCUT2D eigenvalue weighted by Crippen LogP contribution is -2.38. The average molecular weight is 229 g/mol. The largest absolute Gasteiger partial charge is 0.481 e. The van der Waals surface area contributed by atoms with Crippen molar-refractivity contribution in [3.05, 3.63) is 0 Å². The van der Waals surface area contributed by atoms with Crippen LogP contribution in [0.3, 0.4) is 0 Å². The van der Waals surface area contributed by atoms with E-state index >= 15 is 0 Å². The molecule has 1 atom stereocenters. The van der Waals surface area contributed by atoms with Crippen molar-refractivity contribution >= 4 is 11.9 Å². The lowest BCUT2D eigenvalue weighted by atomic mass is 10.2. The zero-order chi connectivity index (χ0) is 12.0. The number of carboxylic acids is 1. The van der Waals surface area contributed by atoms with Crippen molar-refractivity contribution in [1.29, 1.82) is 0 Å². The Bertz CT molecular complexity index is 248. The highest BCUT2D eigenvalue weighted by molar-refractivity contribution is 5.76.